The number of thiazole rings is 1. The number of hydrogen-bond donors (Lipinski definition) is 0. The smallest absolute Gasteiger partial charge is 0.325 e. The first kappa shape index (κ1) is 13.6. The van der Waals surface area contributed by atoms with E-state index in [9.17, 15) is 9.59 Å². The molecule has 1 rings (SSSR count). The molecule has 0 aliphatic heterocycles. The number of ether oxygens (including phenoxy) is 1. The van der Waals surface area contributed by atoms with Gasteiger partial charge in [-0.2, -0.15) is 0 Å². The maximum atomic E-state index is 12.1. The van der Waals surface area contributed by atoms with Crippen LogP contribution in [0.15, 0.2) is 10.9 Å². The van der Waals surface area contributed by atoms with Crippen molar-refractivity contribution in [1.29, 1.82) is 0 Å². The van der Waals surface area contributed by atoms with E-state index in [4.69, 9.17) is 0 Å². The van der Waals surface area contributed by atoms with Crippen LogP contribution in [-0.2, 0) is 9.53 Å². The number of carbonyl (C=O) groups excluding carboxylic acids is 2. The highest BCUT2D eigenvalue weighted by molar-refractivity contribution is 7.07. The summed E-state index contributed by atoms with van der Waals surface area (Å²) in [7, 11) is 1.31. The minimum Gasteiger partial charge on any atom is -0.468 e. The van der Waals surface area contributed by atoms with Crippen LogP contribution in [0.3, 0.4) is 0 Å². The van der Waals surface area contributed by atoms with Crippen molar-refractivity contribution in [2.75, 3.05) is 13.7 Å². The van der Waals surface area contributed by atoms with Crippen LogP contribution in [0.2, 0.25) is 0 Å². The van der Waals surface area contributed by atoms with Crippen LogP contribution in [0.5, 0.6) is 0 Å². The maximum Gasteiger partial charge on any atom is 0.325 e. The molecule has 0 spiro atoms. The Balaban J connectivity index is 2.83. The summed E-state index contributed by atoms with van der Waals surface area (Å²) in [6.07, 6.45) is 0.771. The summed E-state index contributed by atoms with van der Waals surface area (Å²) in [5.74, 6) is -0.653. The molecule has 5 nitrogen and oxygen atoms in total. The number of amides is 1. The Bertz CT molecular complexity index is 378. The second kappa shape index (κ2) is 6.34. The van der Waals surface area contributed by atoms with E-state index < -0.39 is 5.97 Å². The van der Waals surface area contributed by atoms with Gasteiger partial charge in [0.15, 0.2) is 0 Å². The maximum absolute atomic E-state index is 12.1. The fourth-order valence-corrected chi connectivity index (χ4v) is 1.84. The normalized spacial score (nSPS) is 11.9. The predicted molar refractivity (Wildman–Crippen MR) is 64.9 cm³/mol. The van der Waals surface area contributed by atoms with Crippen molar-refractivity contribution in [2.24, 2.45) is 0 Å². The molecule has 94 valence electrons. The molecule has 1 aromatic rings. The highest BCUT2D eigenvalue weighted by atomic mass is 32.1. The van der Waals surface area contributed by atoms with E-state index in [1.165, 1.54) is 23.3 Å². The van der Waals surface area contributed by atoms with Crippen LogP contribution in [-0.4, -0.2) is 41.5 Å². The van der Waals surface area contributed by atoms with E-state index in [2.05, 4.69) is 9.72 Å². The minimum atomic E-state index is -0.422. The van der Waals surface area contributed by atoms with Gasteiger partial charge >= 0.3 is 5.97 Å². The summed E-state index contributed by atoms with van der Waals surface area (Å²) in [4.78, 5) is 28.9. The Kier molecular flexibility index (Phi) is 5.09. The Labute approximate surface area is 104 Å². The van der Waals surface area contributed by atoms with Gasteiger partial charge in [-0.25, -0.2) is 4.98 Å². The third-order valence-corrected chi connectivity index (χ3v) is 3.15. The zero-order valence-corrected chi connectivity index (χ0v) is 11.0. The lowest BCUT2D eigenvalue weighted by atomic mass is 10.2. The van der Waals surface area contributed by atoms with Gasteiger partial charge in [-0.3, -0.25) is 9.59 Å². The van der Waals surface area contributed by atoms with Crippen molar-refractivity contribution >= 4 is 23.2 Å². The third-order valence-electron chi connectivity index (χ3n) is 2.56. The van der Waals surface area contributed by atoms with Crippen molar-refractivity contribution in [2.45, 2.75) is 26.3 Å². The van der Waals surface area contributed by atoms with E-state index in [0.29, 0.717) is 5.69 Å². The van der Waals surface area contributed by atoms with Gasteiger partial charge in [0.05, 0.1) is 12.6 Å². The first-order chi connectivity index (χ1) is 8.10. The van der Waals surface area contributed by atoms with Crippen LogP contribution in [0.4, 0.5) is 0 Å². The SMILES string of the molecule is CCC(C)N(CC(=O)OC)C(=O)c1cscn1. The summed E-state index contributed by atoms with van der Waals surface area (Å²) < 4.78 is 4.59. The lowest BCUT2D eigenvalue weighted by molar-refractivity contribution is -0.141. The number of hydrogen-bond acceptors (Lipinski definition) is 5. The molecule has 1 unspecified atom stereocenters. The summed E-state index contributed by atoms with van der Waals surface area (Å²) in [5, 5.41) is 1.68. The molecule has 0 saturated heterocycles. The fourth-order valence-electron chi connectivity index (χ4n) is 1.32. The molecular formula is C11H16N2O3S. The molecule has 1 heterocycles. The number of aromatic nitrogens is 1. The molecule has 1 aromatic heterocycles. The zero-order chi connectivity index (χ0) is 12.8. The molecule has 0 fully saturated rings. The highest BCUT2D eigenvalue weighted by Crippen LogP contribution is 2.11. The van der Waals surface area contributed by atoms with E-state index in [1.807, 2.05) is 13.8 Å². The lowest BCUT2D eigenvalue weighted by Crippen LogP contribution is -2.42. The molecule has 0 bridgehead atoms. The van der Waals surface area contributed by atoms with Crippen LogP contribution in [0.1, 0.15) is 30.8 Å². The summed E-state index contributed by atoms with van der Waals surface area (Å²) in [6, 6.07) is -0.0247. The second-order valence-corrected chi connectivity index (χ2v) is 4.36. The molecule has 6 heteroatoms. The van der Waals surface area contributed by atoms with E-state index in [1.54, 1.807) is 10.9 Å². The molecule has 0 aliphatic rings. The van der Waals surface area contributed by atoms with Crippen LogP contribution >= 0.6 is 11.3 Å². The molecular weight excluding hydrogens is 240 g/mol. The molecule has 17 heavy (non-hydrogen) atoms. The van der Waals surface area contributed by atoms with Crippen molar-refractivity contribution in [3.8, 4) is 0 Å². The standard InChI is InChI=1S/C11H16N2O3S/c1-4-8(2)13(5-10(14)16-3)11(15)9-6-17-7-12-9/h6-8H,4-5H2,1-3H3. The van der Waals surface area contributed by atoms with Crippen LogP contribution in [0.25, 0.3) is 0 Å². The van der Waals surface area contributed by atoms with Crippen molar-refractivity contribution < 1.29 is 14.3 Å². The largest absolute Gasteiger partial charge is 0.468 e. The van der Waals surface area contributed by atoms with Crippen LogP contribution < -0.4 is 0 Å². The van der Waals surface area contributed by atoms with Gasteiger partial charge in [-0.05, 0) is 13.3 Å². The van der Waals surface area contributed by atoms with Gasteiger partial charge < -0.3 is 9.64 Å². The van der Waals surface area contributed by atoms with Gasteiger partial charge in [0, 0.05) is 11.4 Å². The molecule has 0 aliphatic carbocycles. The monoisotopic (exact) mass is 256 g/mol. The Hall–Kier alpha value is -1.43. The molecule has 0 radical (unpaired) electrons. The minimum absolute atomic E-state index is 0.0247. The van der Waals surface area contributed by atoms with Gasteiger partial charge in [0.1, 0.15) is 12.2 Å². The third kappa shape index (κ3) is 3.52. The quantitative estimate of drug-likeness (QED) is 0.750. The average molecular weight is 256 g/mol. The molecule has 0 N–H and O–H groups in total. The fraction of sp³-hybridized carbons (Fsp3) is 0.545. The molecule has 0 aromatic carbocycles. The number of carbonyl (C=O) groups is 2. The van der Waals surface area contributed by atoms with E-state index in [-0.39, 0.29) is 18.5 Å². The van der Waals surface area contributed by atoms with Crippen LogP contribution in [0, 0.1) is 0 Å². The first-order valence-corrected chi connectivity index (χ1v) is 6.30. The number of methoxy groups -OCH3 is 1. The van der Waals surface area contributed by atoms with Gasteiger partial charge in [-0.15, -0.1) is 11.3 Å². The molecule has 1 atom stereocenters. The van der Waals surface area contributed by atoms with Gasteiger partial charge in [0.2, 0.25) is 0 Å². The number of esters is 1. The van der Waals surface area contributed by atoms with E-state index >= 15 is 0 Å². The number of nitrogens with zero attached hydrogens (tertiary/aromatic N) is 2. The van der Waals surface area contributed by atoms with Crippen molar-refractivity contribution in [1.82, 2.24) is 9.88 Å². The van der Waals surface area contributed by atoms with Gasteiger partial charge in [0.25, 0.3) is 5.91 Å². The Morgan fingerprint density at radius 1 is 1.59 bits per heavy atom. The van der Waals surface area contributed by atoms with Crippen molar-refractivity contribution in [3.63, 3.8) is 0 Å². The van der Waals surface area contributed by atoms with Crippen molar-refractivity contribution in [3.05, 3.63) is 16.6 Å². The first-order valence-electron chi connectivity index (χ1n) is 5.36. The number of rotatable bonds is 5. The Morgan fingerprint density at radius 2 is 2.29 bits per heavy atom. The second-order valence-electron chi connectivity index (χ2n) is 3.64. The predicted octanol–water partition coefficient (Wildman–Crippen LogP) is 1.56. The summed E-state index contributed by atoms with van der Waals surface area (Å²) >= 11 is 1.35. The Morgan fingerprint density at radius 3 is 2.76 bits per heavy atom. The summed E-state index contributed by atoms with van der Waals surface area (Å²) in [6.45, 7) is 3.82. The summed E-state index contributed by atoms with van der Waals surface area (Å²) in [5.41, 5.74) is 1.97. The molecule has 1 amide bonds. The zero-order valence-electron chi connectivity index (χ0n) is 10.2. The lowest BCUT2D eigenvalue weighted by Gasteiger charge is -2.26. The molecule has 0 saturated carbocycles. The average Bonchev–Trinajstić information content (AvgIpc) is 2.87. The van der Waals surface area contributed by atoms with E-state index in [0.717, 1.165) is 6.42 Å². The topological polar surface area (TPSA) is 59.5 Å². The highest BCUT2D eigenvalue weighted by Gasteiger charge is 2.24. The van der Waals surface area contributed by atoms with Gasteiger partial charge in [-0.1, -0.05) is 6.92 Å².